The molecule has 34 heavy (non-hydrogen) atoms. The van der Waals surface area contributed by atoms with Gasteiger partial charge in [0.25, 0.3) is 0 Å². The third kappa shape index (κ3) is 2.39. The van der Waals surface area contributed by atoms with Crippen molar-refractivity contribution in [3.05, 3.63) is 115 Å². The van der Waals surface area contributed by atoms with E-state index in [-0.39, 0.29) is 0 Å². The van der Waals surface area contributed by atoms with Crippen LogP contribution >= 0.6 is 0 Å². The molecule has 0 aromatic heterocycles. The molecule has 3 aliphatic heterocycles. The van der Waals surface area contributed by atoms with E-state index < -0.39 is 21.8 Å². The van der Waals surface area contributed by atoms with Gasteiger partial charge in [-0.15, -0.1) is 0 Å². The Hall–Kier alpha value is -3.62. The van der Waals surface area contributed by atoms with Gasteiger partial charge >= 0.3 is 207 Å². The van der Waals surface area contributed by atoms with Gasteiger partial charge in [-0.3, -0.25) is 0 Å². The first-order valence-corrected chi connectivity index (χ1v) is 16.7. The maximum atomic E-state index is 6.62. The molecule has 0 radical (unpaired) electrons. The molecule has 4 heteroatoms. The normalized spacial score (nSPS) is 14.5. The summed E-state index contributed by atoms with van der Waals surface area (Å²) in [4.78, 5) is 4.88. The molecular formula is C30H19BiN2O. The molecule has 0 fully saturated rings. The third-order valence-corrected chi connectivity index (χ3v) is 17.3. The molecule has 8 rings (SSSR count). The summed E-state index contributed by atoms with van der Waals surface area (Å²) < 4.78 is 11.1. The van der Waals surface area contributed by atoms with E-state index in [1.165, 1.54) is 43.9 Å². The molecule has 0 saturated heterocycles. The second-order valence-electron chi connectivity index (χ2n) is 8.67. The second kappa shape index (κ2) is 6.94. The predicted molar refractivity (Wildman–Crippen MR) is 141 cm³/mol. The van der Waals surface area contributed by atoms with Crippen molar-refractivity contribution in [1.29, 1.82) is 0 Å². The molecule has 0 saturated carbocycles. The predicted octanol–water partition coefficient (Wildman–Crippen LogP) is 5.87. The number of nitrogens with zero attached hydrogens (tertiary/aromatic N) is 2. The maximum absolute atomic E-state index is 6.62. The quantitative estimate of drug-likeness (QED) is 0.222. The summed E-state index contributed by atoms with van der Waals surface area (Å²) in [6.07, 6.45) is 0. The summed E-state index contributed by atoms with van der Waals surface area (Å²) in [7, 11) is 0. The van der Waals surface area contributed by atoms with E-state index in [4.69, 9.17) is 4.74 Å². The SMILES string of the molecule is c1ccc(N2c3cccc4[c]3[Bi]3[c]5c(cccc5N(c5ccccc5)c5cccc2[c]53)O4)cc1. The first kappa shape index (κ1) is 18.8. The van der Waals surface area contributed by atoms with Gasteiger partial charge < -0.3 is 0 Å². The molecule has 0 atom stereocenters. The van der Waals surface area contributed by atoms with Gasteiger partial charge in [0.1, 0.15) is 0 Å². The van der Waals surface area contributed by atoms with Crippen molar-refractivity contribution in [3.8, 4) is 11.5 Å². The molecular weight excluding hydrogens is 613 g/mol. The zero-order valence-electron chi connectivity index (χ0n) is 18.2. The number of para-hydroxylation sites is 2. The van der Waals surface area contributed by atoms with Crippen LogP contribution in [0.25, 0.3) is 0 Å². The van der Waals surface area contributed by atoms with Crippen molar-refractivity contribution in [2.75, 3.05) is 9.80 Å². The standard InChI is InChI=1S/C30H19N2O.Bi/c1-3-10-23(11-4-1)31-25-14-7-15-26(20-25)32(24-12-5-2-6-13-24)28-17-9-19-30(22-28)33-29-18-8-16-27(31)21-29;/h1-19H;. The summed E-state index contributed by atoms with van der Waals surface area (Å²) >= 11 is -2.64. The second-order valence-corrected chi connectivity index (χ2v) is 16.5. The van der Waals surface area contributed by atoms with Crippen molar-refractivity contribution in [2.24, 2.45) is 0 Å². The molecule has 0 amide bonds. The number of hydrogen-bond donors (Lipinski definition) is 0. The van der Waals surface area contributed by atoms with Gasteiger partial charge in [-0.25, -0.2) is 0 Å². The fourth-order valence-electron chi connectivity index (χ4n) is 5.53. The summed E-state index contributed by atoms with van der Waals surface area (Å²) in [5, 5.41) is 0. The fraction of sp³-hybridized carbons (Fsp3) is 0. The molecule has 0 aliphatic carbocycles. The van der Waals surface area contributed by atoms with Gasteiger partial charge in [0.05, 0.1) is 0 Å². The first-order valence-electron chi connectivity index (χ1n) is 11.5. The van der Waals surface area contributed by atoms with Crippen LogP contribution in [-0.2, 0) is 0 Å². The molecule has 0 spiro atoms. The number of anilines is 6. The van der Waals surface area contributed by atoms with Gasteiger partial charge in [0.2, 0.25) is 0 Å². The fourth-order valence-corrected chi connectivity index (χ4v) is 17.1. The van der Waals surface area contributed by atoms with Crippen LogP contribution in [0.5, 0.6) is 11.5 Å². The van der Waals surface area contributed by atoms with Gasteiger partial charge in [0.15, 0.2) is 0 Å². The van der Waals surface area contributed by atoms with Gasteiger partial charge in [-0.2, -0.15) is 0 Å². The molecule has 3 aliphatic rings. The van der Waals surface area contributed by atoms with Gasteiger partial charge in [-0.1, -0.05) is 0 Å². The third-order valence-electron chi connectivity index (χ3n) is 6.83. The summed E-state index contributed by atoms with van der Waals surface area (Å²) in [5.74, 6) is 2.07. The van der Waals surface area contributed by atoms with Crippen molar-refractivity contribution in [2.45, 2.75) is 0 Å². The van der Waals surface area contributed by atoms with E-state index in [1.807, 2.05) is 0 Å². The Bertz CT molecular complexity index is 1480. The van der Waals surface area contributed by atoms with Gasteiger partial charge in [-0.05, 0) is 0 Å². The van der Waals surface area contributed by atoms with E-state index in [9.17, 15) is 0 Å². The molecule has 3 nitrogen and oxygen atoms in total. The zero-order chi connectivity index (χ0) is 22.2. The Morgan fingerprint density at radius 2 is 0.824 bits per heavy atom. The number of hydrogen-bond acceptors (Lipinski definition) is 3. The monoisotopic (exact) mass is 632 g/mol. The van der Waals surface area contributed by atoms with Crippen molar-refractivity contribution >= 4 is 65.7 Å². The van der Waals surface area contributed by atoms with Crippen LogP contribution in [0.15, 0.2) is 115 Å². The van der Waals surface area contributed by atoms with Crippen LogP contribution in [0, 0.1) is 0 Å². The summed E-state index contributed by atoms with van der Waals surface area (Å²) in [6.45, 7) is 0. The van der Waals surface area contributed by atoms with Crippen molar-refractivity contribution in [3.63, 3.8) is 0 Å². The Kier molecular flexibility index (Phi) is 3.83. The number of rotatable bonds is 2. The van der Waals surface area contributed by atoms with Crippen LogP contribution in [0.1, 0.15) is 0 Å². The minimum absolute atomic E-state index is 1.04. The topological polar surface area (TPSA) is 15.7 Å². The van der Waals surface area contributed by atoms with Gasteiger partial charge in [0, 0.05) is 0 Å². The van der Waals surface area contributed by atoms with Crippen LogP contribution < -0.4 is 24.4 Å². The van der Waals surface area contributed by atoms with Crippen LogP contribution in [0.3, 0.4) is 0 Å². The van der Waals surface area contributed by atoms with E-state index in [0.717, 1.165) is 11.5 Å². The average molecular weight is 632 g/mol. The molecule has 3 heterocycles. The van der Waals surface area contributed by atoms with E-state index in [0.29, 0.717) is 0 Å². The zero-order valence-corrected chi connectivity index (χ0v) is 21.7. The minimum atomic E-state index is -2.64. The molecule has 0 unspecified atom stereocenters. The Morgan fingerprint density at radius 3 is 1.29 bits per heavy atom. The summed E-state index contributed by atoms with van der Waals surface area (Å²) in [6, 6.07) is 41.4. The van der Waals surface area contributed by atoms with E-state index in [2.05, 4.69) is 125 Å². The number of benzene rings is 5. The Labute approximate surface area is 206 Å². The molecule has 0 N–H and O–H groups in total. The first-order chi connectivity index (χ1) is 16.9. The Balaban J connectivity index is 1.52. The van der Waals surface area contributed by atoms with Crippen LogP contribution in [0.4, 0.5) is 34.1 Å². The van der Waals surface area contributed by atoms with Crippen LogP contribution in [0.2, 0.25) is 0 Å². The summed E-state index contributed by atoms with van der Waals surface area (Å²) in [5.41, 5.74) is 7.55. The molecule has 5 aromatic carbocycles. The average Bonchev–Trinajstić information content (AvgIpc) is 2.90. The Morgan fingerprint density at radius 1 is 0.412 bits per heavy atom. The van der Waals surface area contributed by atoms with Crippen molar-refractivity contribution < 1.29 is 4.74 Å². The van der Waals surface area contributed by atoms with E-state index in [1.54, 1.807) is 0 Å². The molecule has 5 aromatic rings. The van der Waals surface area contributed by atoms with Crippen molar-refractivity contribution in [1.82, 2.24) is 0 Å². The molecule has 0 bridgehead atoms. The van der Waals surface area contributed by atoms with Crippen LogP contribution in [-0.4, -0.2) is 21.8 Å². The number of ether oxygens (including phenoxy) is 1. The molecule has 160 valence electrons. The van der Waals surface area contributed by atoms with E-state index >= 15 is 0 Å².